The van der Waals surface area contributed by atoms with E-state index >= 15 is 0 Å². The highest BCUT2D eigenvalue weighted by Crippen LogP contribution is 2.45. The molecule has 0 fully saturated rings. The number of carbonyl (C=O) groups is 1. The zero-order valence-corrected chi connectivity index (χ0v) is 19.7. The molecule has 0 saturated carbocycles. The van der Waals surface area contributed by atoms with Crippen molar-refractivity contribution in [3.8, 4) is 0 Å². The van der Waals surface area contributed by atoms with Crippen LogP contribution in [0.3, 0.4) is 0 Å². The third-order valence-electron chi connectivity index (χ3n) is 6.07. The van der Waals surface area contributed by atoms with Gasteiger partial charge in [0.1, 0.15) is 12.3 Å². The lowest BCUT2D eigenvalue weighted by Crippen LogP contribution is -2.50. The number of rotatable bonds is 10. The number of fused-ring (bicyclic) bond motifs is 2. The number of ketones is 1. The summed E-state index contributed by atoms with van der Waals surface area (Å²) < 4.78 is 2.35. The molecule has 0 unspecified atom stereocenters. The van der Waals surface area contributed by atoms with E-state index in [4.69, 9.17) is 0 Å². The zero-order chi connectivity index (χ0) is 22.3. The van der Waals surface area contributed by atoms with E-state index in [2.05, 4.69) is 89.1 Å². The minimum absolute atomic E-state index is 0.390. The number of benzene rings is 2. The van der Waals surface area contributed by atoms with Crippen molar-refractivity contribution in [2.75, 3.05) is 18.5 Å². The number of pyridine rings is 1. The van der Waals surface area contributed by atoms with E-state index in [1.165, 1.54) is 32.1 Å². The second kappa shape index (κ2) is 10.8. The van der Waals surface area contributed by atoms with Gasteiger partial charge in [-0.3, -0.25) is 4.79 Å². The summed E-state index contributed by atoms with van der Waals surface area (Å²) in [7, 11) is 2.14. The Labute approximate surface area is 195 Å². The lowest BCUT2D eigenvalue weighted by Gasteiger charge is -2.13. The van der Waals surface area contributed by atoms with Gasteiger partial charge in [0.25, 0.3) is 0 Å². The molecule has 4 rings (SSSR count). The summed E-state index contributed by atoms with van der Waals surface area (Å²) in [6, 6.07) is 19.4. The van der Waals surface area contributed by atoms with Crippen LogP contribution in [0.15, 0.2) is 70.7 Å². The molecule has 0 bridgehead atoms. The maximum atomic E-state index is 11.8. The van der Waals surface area contributed by atoms with Gasteiger partial charge < -0.3 is 10.6 Å². The summed E-state index contributed by atoms with van der Waals surface area (Å²) in [5.74, 6) is 0.390. The normalized spacial score (nSPS) is 14.3. The van der Waals surface area contributed by atoms with Crippen LogP contribution in [0, 0.1) is 0 Å². The summed E-state index contributed by atoms with van der Waals surface area (Å²) in [5.41, 5.74) is 7.59. The van der Waals surface area contributed by atoms with Crippen molar-refractivity contribution in [1.29, 1.82) is 0 Å². The van der Waals surface area contributed by atoms with E-state index in [-0.39, 0.29) is 0 Å². The third kappa shape index (κ3) is 5.22. The predicted octanol–water partition coefficient (Wildman–Crippen LogP) is 4.82. The highest BCUT2D eigenvalue weighted by atomic mass is 32.2. The number of quaternary nitrogens is 1. The fourth-order valence-electron chi connectivity index (χ4n) is 4.24. The molecular formula is C27H33N3OS+2. The summed E-state index contributed by atoms with van der Waals surface area (Å²) in [6.07, 6.45) is 10.0. The molecule has 0 amide bonds. The second-order valence-electron chi connectivity index (χ2n) is 8.40. The van der Waals surface area contributed by atoms with Crippen LogP contribution in [0.2, 0.25) is 0 Å². The van der Waals surface area contributed by atoms with E-state index in [1.54, 1.807) is 0 Å². The summed E-state index contributed by atoms with van der Waals surface area (Å²) in [5, 5.41) is 2.52. The van der Waals surface area contributed by atoms with Gasteiger partial charge in [0.15, 0.2) is 6.20 Å². The van der Waals surface area contributed by atoms with Crippen LogP contribution in [0.5, 0.6) is 0 Å². The molecule has 2 aromatic carbocycles. The summed E-state index contributed by atoms with van der Waals surface area (Å²) >= 11 is 1.83. The molecule has 32 heavy (non-hydrogen) atoms. The Morgan fingerprint density at radius 1 is 1.00 bits per heavy atom. The summed E-state index contributed by atoms with van der Waals surface area (Å²) in [4.78, 5) is 15.4. The number of thioether (sulfide) groups is 1. The fraction of sp³-hybridized carbons (Fsp3) is 0.333. The zero-order valence-electron chi connectivity index (χ0n) is 18.9. The van der Waals surface area contributed by atoms with E-state index in [0.29, 0.717) is 18.6 Å². The molecule has 2 heterocycles. The van der Waals surface area contributed by atoms with Gasteiger partial charge in [-0.15, -0.1) is 0 Å². The average Bonchev–Trinajstić information content (AvgIpc) is 3.14. The number of carbonyl (C=O) groups excluding carboxylic acids is 1. The number of nitrogens with zero attached hydrogens (tertiary/aromatic N) is 2. The second-order valence-corrected chi connectivity index (χ2v) is 9.46. The number of para-hydroxylation sites is 2. The van der Waals surface area contributed by atoms with Gasteiger partial charge in [0, 0.05) is 49.8 Å². The molecule has 5 heteroatoms. The topological polar surface area (TPSA) is 51.8 Å². The van der Waals surface area contributed by atoms with Crippen molar-refractivity contribution in [1.82, 2.24) is 0 Å². The van der Waals surface area contributed by atoms with Crippen LogP contribution >= 0.6 is 11.8 Å². The molecule has 3 N–H and O–H groups in total. The van der Waals surface area contributed by atoms with Gasteiger partial charge in [-0.1, -0.05) is 36.0 Å². The molecule has 1 aromatic heterocycles. The molecule has 1 aliphatic heterocycles. The van der Waals surface area contributed by atoms with Gasteiger partial charge in [0.05, 0.1) is 22.6 Å². The minimum Gasteiger partial charge on any atom is -0.358 e. The highest BCUT2D eigenvalue weighted by molar-refractivity contribution is 8.03. The summed E-state index contributed by atoms with van der Waals surface area (Å²) in [6.45, 7) is 1.83. The molecule has 0 atom stereocenters. The standard InChI is InChI=1S/C27H32N3OS/c1-29-25-14-6-7-15-26(25)32-27(29)20-21-16-19-30(24-13-5-4-12-23(21)24)18-8-2-3-10-22(31)11-9-17-28/h4-7,12-16,19-20H,2-3,8-11,17-18,28H2,1H3/q+1/p+1. The molecule has 1 aliphatic rings. The van der Waals surface area contributed by atoms with Gasteiger partial charge in [0.2, 0.25) is 5.52 Å². The van der Waals surface area contributed by atoms with Crippen LogP contribution in [-0.2, 0) is 11.3 Å². The van der Waals surface area contributed by atoms with E-state index < -0.39 is 0 Å². The fourth-order valence-corrected chi connectivity index (χ4v) is 5.34. The van der Waals surface area contributed by atoms with Crippen LogP contribution in [0.4, 0.5) is 5.69 Å². The van der Waals surface area contributed by atoms with E-state index in [9.17, 15) is 4.79 Å². The first-order chi connectivity index (χ1) is 15.7. The van der Waals surface area contributed by atoms with Crippen molar-refractivity contribution >= 4 is 40.2 Å². The molecule has 0 spiro atoms. The van der Waals surface area contributed by atoms with Crippen molar-refractivity contribution in [3.63, 3.8) is 0 Å². The first kappa shape index (κ1) is 22.6. The van der Waals surface area contributed by atoms with Crippen LogP contribution in [-0.4, -0.2) is 19.4 Å². The molecule has 166 valence electrons. The first-order valence-electron chi connectivity index (χ1n) is 11.6. The number of anilines is 1. The Hall–Kier alpha value is -2.63. The smallest absolute Gasteiger partial charge is 0.213 e. The molecular weight excluding hydrogens is 414 g/mol. The Balaban J connectivity index is 1.44. The minimum atomic E-state index is 0.390. The number of hydrogen-bond acceptors (Lipinski definition) is 3. The van der Waals surface area contributed by atoms with E-state index in [0.717, 1.165) is 38.8 Å². The largest absolute Gasteiger partial charge is 0.358 e. The maximum Gasteiger partial charge on any atom is 0.213 e. The number of hydrogen-bond donors (Lipinski definition) is 1. The van der Waals surface area contributed by atoms with Crippen molar-refractivity contribution in [2.45, 2.75) is 50.0 Å². The number of aryl methyl sites for hydroxylation is 1. The SMILES string of the molecule is CN1C(=Cc2cc[n+](CCCCCC(=O)CCC[NH3+])c3ccccc23)Sc2ccccc21. The third-order valence-corrected chi connectivity index (χ3v) is 7.24. The molecule has 0 saturated heterocycles. The van der Waals surface area contributed by atoms with Crippen LogP contribution in [0.1, 0.15) is 44.1 Å². The van der Waals surface area contributed by atoms with Gasteiger partial charge >= 0.3 is 0 Å². The first-order valence-corrected chi connectivity index (χ1v) is 12.4. The van der Waals surface area contributed by atoms with Gasteiger partial charge in [-0.2, -0.15) is 4.57 Å². The monoisotopic (exact) mass is 447 g/mol. The van der Waals surface area contributed by atoms with Crippen molar-refractivity contribution < 1.29 is 15.1 Å². The molecule has 4 nitrogen and oxygen atoms in total. The van der Waals surface area contributed by atoms with Gasteiger partial charge in [-0.05, 0) is 42.7 Å². The molecule has 0 radical (unpaired) electrons. The van der Waals surface area contributed by atoms with Crippen LogP contribution < -0.4 is 15.2 Å². The highest BCUT2D eigenvalue weighted by Gasteiger charge is 2.22. The lowest BCUT2D eigenvalue weighted by molar-refractivity contribution is -0.671. The average molecular weight is 448 g/mol. The number of aromatic nitrogens is 1. The Morgan fingerprint density at radius 2 is 1.78 bits per heavy atom. The molecule has 0 aliphatic carbocycles. The van der Waals surface area contributed by atoms with Gasteiger partial charge in [-0.25, -0.2) is 0 Å². The lowest BCUT2D eigenvalue weighted by atomic mass is 10.1. The van der Waals surface area contributed by atoms with Crippen LogP contribution in [0.25, 0.3) is 17.0 Å². The predicted molar refractivity (Wildman–Crippen MR) is 133 cm³/mol. The quantitative estimate of drug-likeness (QED) is 0.358. The van der Waals surface area contributed by atoms with Crippen molar-refractivity contribution in [3.05, 3.63) is 71.4 Å². The Morgan fingerprint density at radius 3 is 2.62 bits per heavy atom. The van der Waals surface area contributed by atoms with E-state index in [1.807, 2.05) is 11.8 Å². The molecule has 3 aromatic rings. The maximum absolute atomic E-state index is 11.8. The van der Waals surface area contributed by atoms with Crippen molar-refractivity contribution in [2.24, 2.45) is 0 Å². The number of Topliss-reactive ketones (excluding diaryl/α,β-unsaturated/α-hetero) is 1. The Kier molecular flexibility index (Phi) is 7.61. The Bertz CT molecular complexity index is 1120. The number of unbranched alkanes of at least 4 members (excludes halogenated alkanes) is 2.